The van der Waals surface area contributed by atoms with Gasteiger partial charge in [0.15, 0.2) is 17.6 Å². The molecule has 0 spiro atoms. The summed E-state index contributed by atoms with van der Waals surface area (Å²) < 4.78 is 84.3. The van der Waals surface area contributed by atoms with E-state index in [1.165, 1.54) is 24.3 Å². The molecule has 6 rings (SSSR count). The summed E-state index contributed by atoms with van der Waals surface area (Å²) in [5.74, 6) is -1.99. The number of benzene rings is 3. The lowest BCUT2D eigenvalue weighted by molar-refractivity contribution is -0.140. The predicted molar refractivity (Wildman–Crippen MR) is 130 cm³/mol. The highest BCUT2D eigenvalue weighted by molar-refractivity contribution is 6.04. The molecule has 0 bridgehead atoms. The Hall–Kier alpha value is -4.55. The monoisotopic (exact) mass is 580 g/mol. The number of carbonyl (C=O) groups excluding carboxylic acids is 1. The lowest BCUT2D eigenvalue weighted by atomic mass is 10.1. The van der Waals surface area contributed by atoms with Crippen molar-refractivity contribution in [3.8, 4) is 34.5 Å². The van der Waals surface area contributed by atoms with Gasteiger partial charge in [-0.3, -0.25) is 9.59 Å². The molecule has 0 saturated heterocycles. The number of rotatable bonds is 5. The Kier molecular flexibility index (Phi) is 6.71. The molecule has 0 amide bonds. The first-order chi connectivity index (χ1) is 19.2. The van der Waals surface area contributed by atoms with Crippen LogP contribution in [0.5, 0.6) is 34.5 Å². The van der Waals surface area contributed by atoms with Crippen LogP contribution in [0.4, 0.5) is 22.0 Å². The molecule has 3 aliphatic rings. The third-order valence-electron chi connectivity index (χ3n) is 6.99. The molecule has 41 heavy (non-hydrogen) atoms. The van der Waals surface area contributed by atoms with Gasteiger partial charge >= 0.3 is 18.8 Å². The number of halogens is 5. The fraction of sp³-hybridized carbons (Fsp3) is 0.286. The summed E-state index contributed by atoms with van der Waals surface area (Å²) in [6.45, 7) is 0.0186. The van der Waals surface area contributed by atoms with Gasteiger partial charge in [0.25, 0.3) is 0 Å². The molecule has 216 valence electrons. The number of carboxylic acid groups (broad SMARTS) is 1. The molecule has 0 radical (unpaired) electrons. The Balaban J connectivity index is 0.000000234. The van der Waals surface area contributed by atoms with Gasteiger partial charge < -0.3 is 29.2 Å². The molecule has 1 aliphatic carbocycles. The van der Waals surface area contributed by atoms with E-state index in [0.29, 0.717) is 34.8 Å². The van der Waals surface area contributed by atoms with Crippen LogP contribution >= 0.6 is 0 Å². The van der Waals surface area contributed by atoms with Gasteiger partial charge in [0, 0.05) is 23.6 Å². The maximum absolute atomic E-state index is 12.8. The topological polar surface area (TPSA) is 112 Å². The molecule has 3 aromatic rings. The van der Waals surface area contributed by atoms with Crippen molar-refractivity contribution in [2.24, 2.45) is 5.92 Å². The van der Waals surface area contributed by atoms with Crippen LogP contribution in [-0.4, -0.2) is 40.3 Å². The first-order valence-corrected chi connectivity index (χ1v) is 12.1. The standard InChI is InChI=1S/C19H13F5O5.C9H8O3/c1-18-14(15(18)16(25)26)10-4-3-9(7-12(10)29-18)27-11-5-2-8(19(22,23)24)6-13(11)28-17(20)21;1-5-9(11)7-3-2-6(10)4-8(7)12-5/h2-7,14-15,17H,1H3,(H,25,26);2-5,10H,1H3/t14?,15-,18+;/m0./s1. The van der Waals surface area contributed by atoms with Crippen LogP contribution in [0, 0.1) is 5.92 Å². The molecule has 2 heterocycles. The van der Waals surface area contributed by atoms with Gasteiger partial charge in [-0.1, -0.05) is 6.07 Å². The van der Waals surface area contributed by atoms with Crippen LogP contribution < -0.4 is 18.9 Å². The van der Waals surface area contributed by atoms with Crippen LogP contribution in [0.25, 0.3) is 0 Å². The molecule has 8 nitrogen and oxygen atoms in total. The second-order valence-electron chi connectivity index (χ2n) is 9.72. The van der Waals surface area contributed by atoms with E-state index in [2.05, 4.69) is 4.74 Å². The molecule has 4 atom stereocenters. The van der Waals surface area contributed by atoms with E-state index in [4.69, 9.17) is 19.3 Å². The maximum Gasteiger partial charge on any atom is 0.416 e. The van der Waals surface area contributed by atoms with Gasteiger partial charge in [-0.25, -0.2) is 0 Å². The second kappa shape index (κ2) is 9.82. The Bertz CT molecular complexity index is 1540. The Morgan fingerprint density at radius 2 is 1.76 bits per heavy atom. The van der Waals surface area contributed by atoms with E-state index in [-0.39, 0.29) is 28.9 Å². The van der Waals surface area contributed by atoms with Crippen LogP contribution in [0.1, 0.15) is 41.3 Å². The summed E-state index contributed by atoms with van der Waals surface area (Å²) in [5.41, 5.74) is -0.806. The molecule has 1 saturated carbocycles. The van der Waals surface area contributed by atoms with E-state index in [9.17, 15) is 36.6 Å². The van der Waals surface area contributed by atoms with Gasteiger partial charge in [-0.05, 0) is 50.2 Å². The third kappa shape index (κ3) is 5.19. The molecule has 2 unspecified atom stereocenters. The van der Waals surface area contributed by atoms with Gasteiger partial charge in [-0.15, -0.1) is 0 Å². The summed E-state index contributed by atoms with van der Waals surface area (Å²) in [5, 5.41) is 18.3. The van der Waals surface area contributed by atoms with E-state index in [1.807, 2.05) is 0 Å². The lowest BCUT2D eigenvalue weighted by Gasteiger charge is -2.16. The summed E-state index contributed by atoms with van der Waals surface area (Å²) in [7, 11) is 0. The molecule has 1 fully saturated rings. The largest absolute Gasteiger partial charge is 0.508 e. The average molecular weight is 580 g/mol. The quantitative estimate of drug-likeness (QED) is 0.334. The molecule has 2 aliphatic heterocycles. The van der Waals surface area contributed by atoms with Crippen molar-refractivity contribution in [2.75, 3.05) is 0 Å². The van der Waals surface area contributed by atoms with Crippen LogP contribution in [-0.2, 0) is 11.0 Å². The number of carboxylic acids is 1. The molecular formula is C28H21F5O8. The molecule has 13 heteroatoms. The SMILES string of the molecule is CC1Oc2cc(O)ccc2C1=O.C[C@@]12Oc3cc(Oc4ccc(C(F)(F)F)cc4OC(F)F)ccc3C1[C@H]2C(=O)O. The molecule has 2 N–H and O–H groups in total. The zero-order valence-electron chi connectivity index (χ0n) is 21.2. The Morgan fingerprint density at radius 3 is 2.41 bits per heavy atom. The Labute approximate surface area is 228 Å². The molecular weight excluding hydrogens is 559 g/mol. The number of Topliss-reactive ketones (excluding diaryl/α,β-unsaturated/α-hetero) is 1. The lowest BCUT2D eigenvalue weighted by Crippen LogP contribution is -2.19. The van der Waals surface area contributed by atoms with Gasteiger partial charge in [-0.2, -0.15) is 22.0 Å². The number of phenols is 1. The van der Waals surface area contributed by atoms with E-state index in [1.54, 1.807) is 26.0 Å². The fourth-order valence-electron chi connectivity index (χ4n) is 5.01. The number of fused-ring (bicyclic) bond motifs is 4. The number of ketones is 1. The minimum Gasteiger partial charge on any atom is -0.508 e. The van der Waals surface area contributed by atoms with Crippen molar-refractivity contribution in [2.45, 2.75) is 44.3 Å². The third-order valence-corrected chi connectivity index (χ3v) is 6.99. The van der Waals surface area contributed by atoms with E-state index in [0.717, 1.165) is 6.07 Å². The first-order valence-electron chi connectivity index (χ1n) is 12.1. The van der Waals surface area contributed by atoms with Crippen molar-refractivity contribution in [3.63, 3.8) is 0 Å². The number of aromatic hydroxyl groups is 1. The highest BCUT2D eigenvalue weighted by Crippen LogP contribution is 2.66. The predicted octanol–water partition coefficient (Wildman–Crippen LogP) is 6.40. The van der Waals surface area contributed by atoms with E-state index < -0.39 is 47.7 Å². The number of phenolic OH excluding ortho intramolecular Hbond substituents is 1. The highest BCUT2D eigenvalue weighted by atomic mass is 19.4. The fourth-order valence-corrected chi connectivity index (χ4v) is 5.01. The smallest absolute Gasteiger partial charge is 0.416 e. The minimum absolute atomic E-state index is 0.0231. The van der Waals surface area contributed by atoms with Crippen LogP contribution in [0.15, 0.2) is 54.6 Å². The summed E-state index contributed by atoms with van der Waals surface area (Å²) in [6, 6.07) is 11.0. The number of carbonyl (C=O) groups is 2. The van der Waals surface area contributed by atoms with Gasteiger partial charge in [0.05, 0.1) is 11.1 Å². The number of hydrogen-bond acceptors (Lipinski definition) is 7. The number of alkyl halides is 5. The van der Waals surface area contributed by atoms with Crippen molar-refractivity contribution < 1.29 is 60.7 Å². The molecule has 0 aromatic heterocycles. The van der Waals surface area contributed by atoms with Crippen molar-refractivity contribution in [3.05, 3.63) is 71.3 Å². The highest BCUT2D eigenvalue weighted by Gasteiger charge is 2.72. The number of ether oxygens (including phenoxy) is 4. The molecule has 3 aromatic carbocycles. The van der Waals surface area contributed by atoms with Crippen molar-refractivity contribution >= 4 is 11.8 Å². The second-order valence-corrected chi connectivity index (χ2v) is 9.72. The minimum atomic E-state index is -4.74. The first kappa shape index (κ1) is 28.0. The average Bonchev–Trinajstić information content (AvgIpc) is 3.23. The van der Waals surface area contributed by atoms with E-state index >= 15 is 0 Å². The van der Waals surface area contributed by atoms with Crippen molar-refractivity contribution in [1.29, 1.82) is 0 Å². The normalized spacial score (nSPS) is 23.3. The summed E-state index contributed by atoms with van der Waals surface area (Å²) in [6.07, 6.45) is -5.15. The maximum atomic E-state index is 12.8. The number of hydrogen-bond donors (Lipinski definition) is 2. The van der Waals surface area contributed by atoms with Crippen LogP contribution in [0.2, 0.25) is 0 Å². The summed E-state index contributed by atoms with van der Waals surface area (Å²) >= 11 is 0. The summed E-state index contributed by atoms with van der Waals surface area (Å²) in [4.78, 5) is 22.6. The zero-order chi connectivity index (χ0) is 29.9. The van der Waals surface area contributed by atoms with Crippen LogP contribution in [0.3, 0.4) is 0 Å². The zero-order valence-corrected chi connectivity index (χ0v) is 21.2. The Morgan fingerprint density at radius 1 is 1.02 bits per heavy atom. The van der Waals surface area contributed by atoms with Crippen molar-refractivity contribution in [1.82, 2.24) is 0 Å². The van der Waals surface area contributed by atoms with Gasteiger partial charge in [0.1, 0.15) is 34.5 Å². The van der Waals surface area contributed by atoms with Gasteiger partial charge in [0.2, 0.25) is 5.78 Å². The number of aliphatic carboxylic acids is 1.